The van der Waals surface area contributed by atoms with E-state index in [1.807, 2.05) is 6.92 Å². The highest BCUT2D eigenvalue weighted by Gasteiger charge is 2.59. The van der Waals surface area contributed by atoms with Gasteiger partial charge in [0, 0.05) is 29.2 Å². The van der Waals surface area contributed by atoms with Crippen molar-refractivity contribution in [1.29, 1.82) is 0 Å². The fraction of sp³-hybridized carbons (Fsp3) is 0.600. The standard InChI is InChI=1S/C20H24O6/c1-5-9(2)19(23)25-14-7-12(8-21)17-13(22)6-10(3)15(17)18-16(14)11(4)20(24)26-18/h5-6,8,11-12,14-18H,7H2,1-4H3/t11-,12-,14-,15+,16-,17-,18-/m1/s1. The van der Waals surface area contributed by atoms with Crippen molar-refractivity contribution in [3.63, 3.8) is 0 Å². The van der Waals surface area contributed by atoms with E-state index in [-0.39, 0.29) is 30.0 Å². The smallest absolute Gasteiger partial charge is 0.333 e. The van der Waals surface area contributed by atoms with E-state index in [0.29, 0.717) is 5.57 Å². The van der Waals surface area contributed by atoms with Gasteiger partial charge in [0.1, 0.15) is 18.5 Å². The first-order chi connectivity index (χ1) is 12.3. The first kappa shape index (κ1) is 18.5. The van der Waals surface area contributed by atoms with Crippen LogP contribution in [0.2, 0.25) is 0 Å². The summed E-state index contributed by atoms with van der Waals surface area (Å²) in [6, 6.07) is 0. The van der Waals surface area contributed by atoms with Crippen molar-refractivity contribution in [1.82, 2.24) is 0 Å². The summed E-state index contributed by atoms with van der Waals surface area (Å²) < 4.78 is 11.3. The molecule has 0 unspecified atom stereocenters. The van der Waals surface area contributed by atoms with Gasteiger partial charge in [-0.25, -0.2) is 4.79 Å². The van der Waals surface area contributed by atoms with Gasteiger partial charge in [0.05, 0.1) is 5.92 Å². The molecule has 1 saturated carbocycles. The molecule has 0 aromatic rings. The minimum absolute atomic E-state index is 0.115. The Balaban J connectivity index is 2.02. The number of aldehydes is 1. The maximum atomic E-state index is 12.5. The number of hydrogen-bond donors (Lipinski definition) is 0. The molecular weight excluding hydrogens is 336 g/mol. The molecular formula is C20H24O6. The van der Waals surface area contributed by atoms with E-state index < -0.39 is 35.9 Å². The Morgan fingerprint density at radius 1 is 1.31 bits per heavy atom. The minimum Gasteiger partial charge on any atom is -0.461 e. The molecule has 1 heterocycles. The fourth-order valence-corrected chi connectivity index (χ4v) is 4.61. The van der Waals surface area contributed by atoms with Gasteiger partial charge in [-0.2, -0.15) is 0 Å². The highest BCUT2D eigenvalue weighted by molar-refractivity contribution is 5.97. The zero-order valence-corrected chi connectivity index (χ0v) is 15.4. The number of rotatable bonds is 3. The van der Waals surface area contributed by atoms with Crippen LogP contribution < -0.4 is 0 Å². The monoisotopic (exact) mass is 360 g/mol. The van der Waals surface area contributed by atoms with E-state index in [4.69, 9.17) is 9.47 Å². The first-order valence-corrected chi connectivity index (χ1v) is 9.01. The number of hydrogen-bond acceptors (Lipinski definition) is 6. The average molecular weight is 360 g/mol. The lowest BCUT2D eigenvalue weighted by Crippen LogP contribution is -2.38. The van der Waals surface area contributed by atoms with Gasteiger partial charge in [-0.1, -0.05) is 18.6 Å². The topological polar surface area (TPSA) is 86.7 Å². The summed E-state index contributed by atoms with van der Waals surface area (Å²) in [5.41, 5.74) is 1.28. The number of carbonyl (C=O) groups excluding carboxylic acids is 4. The molecule has 3 rings (SSSR count). The predicted molar refractivity (Wildman–Crippen MR) is 91.8 cm³/mol. The summed E-state index contributed by atoms with van der Waals surface area (Å²) in [7, 11) is 0. The van der Waals surface area contributed by atoms with Crippen LogP contribution in [-0.2, 0) is 28.7 Å². The van der Waals surface area contributed by atoms with Crippen molar-refractivity contribution in [2.24, 2.45) is 29.6 Å². The lowest BCUT2D eigenvalue weighted by Gasteiger charge is -2.29. The lowest BCUT2D eigenvalue weighted by molar-refractivity contribution is -0.150. The summed E-state index contributed by atoms with van der Waals surface area (Å²) >= 11 is 0. The molecule has 0 bridgehead atoms. The van der Waals surface area contributed by atoms with Gasteiger partial charge in [0.15, 0.2) is 5.78 Å². The Labute approximate surface area is 152 Å². The molecule has 0 radical (unpaired) electrons. The molecule has 2 aliphatic carbocycles. The first-order valence-electron chi connectivity index (χ1n) is 9.01. The second-order valence-corrected chi connectivity index (χ2v) is 7.56. The molecule has 6 nitrogen and oxygen atoms in total. The zero-order valence-electron chi connectivity index (χ0n) is 15.4. The van der Waals surface area contributed by atoms with Gasteiger partial charge in [0.25, 0.3) is 0 Å². The lowest BCUT2D eigenvalue weighted by atomic mass is 9.77. The third-order valence-corrected chi connectivity index (χ3v) is 6.13. The van der Waals surface area contributed by atoms with E-state index in [1.54, 1.807) is 32.9 Å². The number of esters is 2. The summed E-state index contributed by atoms with van der Waals surface area (Å²) in [6.07, 6.45) is 3.00. The molecule has 3 aliphatic rings. The van der Waals surface area contributed by atoms with Crippen molar-refractivity contribution in [2.45, 2.75) is 46.3 Å². The second-order valence-electron chi connectivity index (χ2n) is 7.56. The quantitative estimate of drug-likeness (QED) is 0.435. The maximum Gasteiger partial charge on any atom is 0.333 e. The molecule has 0 aromatic carbocycles. The number of ketones is 1. The molecule has 0 N–H and O–H groups in total. The Bertz CT molecular complexity index is 718. The third-order valence-electron chi connectivity index (χ3n) is 6.13. The van der Waals surface area contributed by atoms with E-state index in [1.165, 1.54) is 0 Å². The Morgan fingerprint density at radius 3 is 2.62 bits per heavy atom. The van der Waals surface area contributed by atoms with E-state index in [9.17, 15) is 19.2 Å². The van der Waals surface area contributed by atoms with E-state index in [0.717, 1.165) is 11.9 Å². The summed E-state index contributed by atoms with van der Waals surface area (Å²) in [5, 5.41) is 0. The molecule has 0 amide bonds. The molecule has 0 aromatic heterocycles. The van der Waals surface area contributed by atoms with Crippen LogP contribution in [-0.4, -0.2) is 36.2 Å². The van der Waals surface area contributed by atoms with Gasteiger partial charge in [0.2, 0.25) is 0 Å². The van der Waals surface area contributed by atoms with Crippen molar-refractivity contribution >= 4 is 24.0 Å². The van der Waals surface area contributed by atoms with Crippen molar-refractivity contribution in [2.75, 3.05) is 0 Å². The normalized spacial score (nSPS) is 39.5. The van der Waals surface area contributed by atoms with Gasteiger partial charge in [-0.3, -0.25) is 9.59 Å². The molecule has 140 valence electrons. The van der Waals surface area contributed by atoms with E-state index in [2.05, 4.69) is 0 Å². The van der Waals surface area contributed by atoms with Crippen LogP contribution in [0.25, 0.3) is 0 Å². The number of ether oxygens (including phenoxy) is 2. The molecule has 0 spiro atoms. The summed E-state index contributed by atoms with van der Waals surface area (Å²) in [6.45, 7) is 6.97. The Morgan fingerprint density at radius 2 is 2.00 bits per heavy atom. The van der Waals surface area contributed by atoms with Crippen LogP contribution in [0.1, 0.15) is 34.1 Å². The summed E-state index contributed by atoms with van der Waals surface area (Å²) in [5.74, 6) is -3.22. The predicted octanol–water partition coefficient (Wildman–Crippen LogP) is 2.02. The van der Waals surface area contributed by atoms with Crippen LogP contribution in [0.15, 0.2) is 23.3 Å². The number of carbonyl (C=O) groups is 4. The van der Waals surface area contributed by atoms with Gasteiger partial charge < -0.3 is 14.3 Å². The fourth-order valence-electron chi connectivity index (χ4n) is 4.61. The van der Waals surface area contributed by atoms with Gasteiger partial charge >= 0.3 is 11.9 Å². The number of allylic oxidation sites excluding steroid dienone is 2. The summed E-state index contributed by atoms with van der Waals surface area (Å²) in [4.78, 5) is 48.8. The zero-order chi connectivity index (χ0) is 19.2. The molecule has 7 atom stereocenters. The minimum atomic E-state index is -0.648. The van der Waals surface area contributed by atoms with Gasteiger partial charge in [-0.15, -0.1) is 0 Å². The van der Waals surface area contributed by atoms with Crippen LogP contribution in [0, 0.1) is 29.6 Å². The average Bonchev–Trinajstić information content (AvgIpc) is 3.00. The second kappa shape index (κ2) is 6.82. The van der Waals surface area contributed by atoms with Crippen LogP contribution >= 0.6 is 0 Å². The maximum absolute atomic E-state index is 12.5. The highest BCUT2D eigenvalue weighted by atomic mass is 16.6. The SMILES string of the molecule is CC=C(C)C(=O)O[C@@H]1C[C@H](C=O)[C@@H]2C(=O)C=C(C)[C@@H]2[C@H]2OC(=O)[C@H](C)[C@@H]21. The Hall–Kier alpha value is -2.24. The van der Waals surface area contributed by atoms with Crippen LogP contribution in [0.4, 0.5) is 0 Å². The van der Waals surface area contributed by atoms with Crippen molar-refractivity contribution in [3.05, 3.63) is 23.3 Å². The highest BCUT2D eigenvalue weighted by Crippen LogP contribution is 2.50. The third kappa shape index (κ3) is 2.81. The van der Waals surface area contributed by atoms with Crippen LogP contribution in [0.3, 0.4) is 0 Å². The van der Waals surface area contributed by atoms with Crippen molar-refractivity contribution < 1.29 is 28.7 Å². The largest absolute Gasteiger partial charge is 0.461 e. The Kier molecular flexibility index (Phi) is 4.86. The van der Waals surface area contributed by atoms with Crippen molar-refractivity contribution in [3.8, 4) is 0 Å². The van der Waals surface area contributed by atoms with E-state index >= 15 is 0 Å². The number of fused-ring (bicyclic) bond motifs is 3. The molecule has 6 heteroatoms. The molecule has 1 aliphatic heterocycles. The molecule has 26 heavy (non-hydrogen) atoms. The van der Waals surface area contributed by atoms with Gasteiger partial charge in [-0.05, 0) is 33.3 Å². The molecule has 1 saturated heterocycles. The van der Waals surface area contributed by atoms with Crippen LogP contribution in [0.5, 0.6) is 0 Å². The molecule has 2 fully saturated rings.